The first-order chi connectivity index (χ1) is 11.6. The molecule has 1 aliphatic heterocycles. The molecule has 1 atom stereocenters. The van der Waals surface area contributed by atoms with Gasteiger partial charge in [0.15, 0.2) is 0 Å². The van der Waals surface area contributed by atoms with Gasteiger partial charge >= 0.3 is 6.09 Å². The lowest BCUT2D eigenvalue weighted by Crippen LogP contribution is -2.50. The lowest BCUT2D eigenvalue weighted by atomic mass is 10.1. The lowest BCUT2D eigenvalue weighted by Gasteiger charge is -2.34. The van der Waals surface area contributed by atoms with Crippen LogP contribution in [0.15, 0.2) is 16.6 Å². The largest absolute Gasteiger partial charge is 0.444 e. The Balaban J connectivity index is 2.02. The van der Waals surface area contributed by atoms with Crippen molar-refractivity contribution < 1.29 is 18.7 Å². The van der Waals surface area contributed by atoms with Gasteiger partial charge in [0.25, 0.3) is 5.91 Å². The molecular formula is C17H21BrClFN2O3. The minimum atomic E-state index is -0.659. The van der Waals surface area contributed by atoms with Crippen molar-refractivity contribution in [1.29, 1.82) is 0 Å². The molecule has 0 spiro atoms. The van der Waals surface area contributed by atoms with Crippen LogP contribution in [0.1, 0.15) is 44.0 Å². The van der Waals surface area contributed by atoms with E-state index in [1.54, 1.807) is 25.7 Å². The van der Waals surface area contributed by atoms with Crippen molar-refractivity contribution in [2.75, 3.05) is 13.1 Å². The summed E-state index contributed by atoms with van der Waals surface area (Å²) in [4.78, 5) is 26.1. The third-order valence-corrected chi connectivity index (χ3v) is 4.86. The smallest absolute Gasteiger partial charge is 0.410 e. The van der Waals surface area contributed by atoms with Crippen LogP contribution in [0.2, 0.25) is 5.02 Å². The van der Waals surface area contributed by atoms with Gasteiger partial charge in [-0.1, -0.05) is 11.6 Å². The van der Waals surface area contributed by atoms with Crippen molar-refractivity contribution in [3.05, 3.63) is 33.0 Å². The maximum Gasteiger partial charge on any atom is 0.410 e. The molecule has 0 aromatic heterocycles. The molecule has 0 saturated carbocycles. The summed E-state index contributed by atoms with van der Waals surface area (Å²) in [6, 6.07) is 2.17. The van der Waals surface area contributed by atoms with Crippen molar-refractivity contribution >= 4 is 39.5 Å². The van der Waals surface area contributed by atoms with Crippen LogP contribution in [0.3, 0.4) is 0 Å². The third kappa shape index (κ3) is 5.57. The summed E-state index contributed by atoms with van der Waals surface area (Å²) in [6.07, 6.45) is 1.02. The number of ether oxygens (including phenoxy) is 1. The number of nitrogens with one attached hydrogen (secondary N) is 1. The second-order valence-electron chi connectivity index (χ2n) is 6.99. The van der Waals surface area contributed by atoms with E-state index in [4.69, 9.17) is 16.3 Å². The quantitative estimate of drug-likeness (QED) is 0.702. The first-order valence-corrected chi connectivity index (χ1v) is 9.17. The van der Waals surface area contributed by atoms with E-state index in [0.29, 0.717) is 24.0 Å². The molecule has 0 radical (unpaired) electrons. The molecule has 1 N–H and O–H groups in total. The maximum absolute atomic E-state index is 14.0. The van der Waals surface area contributed by atoms with Crippen molar-refractivity contribution in [2.45, 2.75) is 45.3 Å². The van der Waals surface area contributed by atoms with Crippen molar-refractivity contribution in [3.8, 4) is 0 Å². The van der Waals surface area contributed by atoms with E-state index in [9.17, 15) is 14.0 Å². The van der Waals surface area contributed by atoms with Gasteiger partial charge in [0.05, 0.1) is 10.6 Å². The van der Waals surface area contributed by atoms with E-state index in [-0.39, 0.29) is 16.6 Å². The fourth-order valence-corrected chi connectivity index (χ4v) is 3.03. The number of amides is 2. The van der Waals surface area contributed by atoms with E-state index in [1.165, 1.54) is 6.07 Å². The highest BCUT2D eigenvalue weighted by molar-refractivity contribution is 9.10. The summed E-state index contributed by atoms with van der Waals surface area (Å²) in [7, 11) is 0. The van der Waals surface area contributed by atoms with Crippen molar-refractivity contribution in [3.63, 3.8) is 0 Å². The number of piperidine rings is 1. The summed E-state index contributed by atoms with van der Waals surface area (Å²) in [6.45, 7) is 6.29. The van der Waals surface area contributed by atoms with Crippen LogP contribution in [0.25, 0.3) is 0 Å². The third-order valence-electron chi connectivity index (χ3n) is 3.66. The highest BCUT2D eigenvalue weighted by Gasteiger charge is 2.29. The molecule has 1 aliphatic rings. The zero-order chi connectivity index (χ0) is 18.8. The van der Waals surface area contributed by atoms with E-state index < -0.39 is 23.4 Å². The number of likely N-dealkylation sites (tertiary alicyclic amines) is 1. The molecule has 5 nitrogen and oxygen atoms in total. The van der Waals surface area contributed by atoms with Crippen LogP contribution >= 0.6 is 27.5 Å². The van der Waals surface area contributed by atoms with Gasteiger partial charge in [0.2, 0.25) is 0 Å². The van der Waals surface area contributed by atoms with Gasteiger partial charge in [-0.15, -0.1) is 0 Å². The average Bonchev–Trinajstić information content (AvgIpc) is 2.49. The van der Waals surface area contributed by atoms with E-state index in [0.717, 1.165) is 12.5 Å². The molecule has 0 aliphatic carbocycles. The minimum Gasteiger partial charge on any atom is -0.444 e. The number of nitrogens with zero attached hydrogens (tertiary/aromatic N) is 1. The van der Waals surface area contributed by atoms with E-state index in [2.05, 4.69) is 21.2 Å². The van der Waals surface area contributed by atoms with E-state index >= 15 is 0 Å². The Morgan fingerprint density at radius 3 is 2.72 bits per heavy atom. The summed E-state index contributed by atoms with van der Waals surface area (Å²) in [5.74, 6) is -1.21. The van der Waals surface area contributed by atoms with Crippen LogP contribution in [-0.4, -0.2) is 41.6 Å². The van der Waals surface area contributed by atoms with Crippen LogP contribution in [0.4, 0.5) is 9.18 Å². The molecule has 1 heterocycles. The molecule has 8 heteroatoms. The summed E-state index contributed by atoms with van der Waals surface area (Å²) < 4.78 is 19.7. The fraction of sp³-hybridized carbons (Fsp3) is 0.529. The van der Waals surface area contributed by atoms with Gasteiger partial charge in [-0.05, 0) is 61.7 Å². The molecule has 1 aromatic rings. The number of hydrogen-bond acceptors (Lipinski definition) is 3. The van der Waals surface area contributed by atoms with Gasteiger partial charge in [0, 0.05) is 23.6 Å². The standard InChI is InChI=1S/C17H21BrClFN2O3/c1-17(2,3)25-16(24)22-6-4-5-10(9-22)21-15(23)11-7-13(19)12(18)8-14(11)20/h7-8,10H,4-6,9H2,1-3H3,(H,21,23)/t10-/m0/s1. The van der Waals surface area contributed by atoms with Crippen LogP contribution in [0.5, 0.6) is 0 Å². The first kappa shape index (κ1) is 20.0. The van der Waals surface area contributed by atoms with Gasteiger partial charge in [-0.3, -0.25) is 4.79 Å². The summed E-state index contributed by atoms with van der Waals surface area (Å²) >= 11 is 9.05. The lowest BCUT2D eigenvalue weighted by molar-refractivity contribution is 0.0185. The Kier molecular flexibility index (Phi) is 6.32. The number of rotatable bonds is 2. The average molecular weight is 436 g/mol. The SMILES string of the molecule is CC(C)(C)OC(=O)N1CCC[C@H](NC(=O)c2cc(Cl)c(Br)cc2F)C1. The molecular weight excluding hydrogens is 415 g/mol. The molecule has 1 saturated heterocycles. The fourth-order valence-electron chi connectivity index (χ4n) is 2.55. The Labute approximate surface area is 160 Å². The molecule has 25 heavy (non-hydrogen) atoms. The highest BCUT2D eigenvalue weighted by Crippen LogP contribution is 2.26. The first-order valence-electron chi connectivity index (χ1n) is 8.00. The normalized spacial score (nSPS) is 18.0. The topological polar surface area (TPSA) is 58.6 Å². The Morgan fingerprint density at radius 1 is 1.40 bits per heavy atom. The zero-order valence-electron chi connectivity index (χ0n) is 14.4. The van der Waals surface area contributed by atoms with E-state index in [1.807, 2.05) is 0 Å². The second-order valence-corrected chi connectivity index (χ2v) is 8.25. The van der Waals surface area contributed by atoms with Crippen LogP contribution < -0.4 is 5.32 Å². The number of halogens is 3. The molecule has 2 rings (SSSR count). The molecule has 0 unspecified atom stereocenters. The zero-order valence-corrected chi connectivity index (χ0v) is 16.7. The van der Waals surface area contributed by atoms with Gasteiger partial charge in [-0.2, -0.15) is 0 Å². The number of carbonyl (C=O) groups is 2. The maximum atomic E-state index is 14.0. The van der Waals surface area contributed by atoms with Crippen molar-refractivity contribution in [1.82, 2.24) is 10.2 Å². The number of hydrogen-bond donors (Lipinski definition) is 1. The predicted molar refractivity (Wildman–Crippen MR) is 97.4 cm³/mol. The number of carbonyl (C=O) groups excluding carboxylic acids is 2. The van der Waals surface area contributed by atoms with Gasteiger partial charge < -0.3 is 15.0 Å². The predicted octanol–water partition coefficient (Wildman–Crippen LogP) is 4.37. The number of benzene rings is 1. The highest BCUT2D eigenvalue weighted by atomic mass is 79.9. The monoisotopic (exact) mass is 434 g/mol. The Morgan fingerprint density at radius 2 is 2.08 bits per heavy atom. The molecule has 138 valence electrons. The summed E-state index contributed by atoms with van der Waals surface area (Å²) in [5.41, 5.74) is -0.701. The van der Waals surface area contributed by atoms with Gasteiger partial charge in [0.1, 0.15) is 11.4 Å². The van der Waals surface area contributed by atoms with Crippen LogP contribution in [0, 0.1) is 5.82 Å². The Bertz CT molecular complexity index is 679. The molecule has 2 amide bonds. The van der Waals surface area contributed by atoms with Crippen molar-refractivity contribution in [2.24, 2.45) is 0 Å². The van der Waals surface area contributed by atoms with Crippen LogP contribution in [-0.2, 0) is 4.74 Å². The molecule has 1 fully saturated rings. The molecule has 1 aromatic carbocycles. The molecule has 0 bridgehead atoms. The Hall–Kier alpha value is -1.34. The minimum absolute atomic E-state index is 0.123. The van der Waals surface area contributed by atoms with Gasteiger partial charge in [-0.25, -0.2) is 9.18 Å². The summed E-state index contributed by atoms with van der Waals surface area (Å²) in [5, 5.41) is 3.02. The second kappa shape index (κ2) is 7.91.